The third-order valence-corrected chi connectivity index (χ3v) is 3.32. The Bertz CT molecular complexity index is 195. The molecule has 14 heavy (non-hydrogen) atoms. The van der Waals surface area contributed by atoms with Crippen LogP contribution in [0.15, 0.2) is 0 Å². The molecule has 0 saturated heterocycles. The van der Waals surface area contributed by atoms with Crippen molar-refractivity contribution in [1.29, 1.82) is 0 Å². The molecule has 2 unspecified atom stereocenters. The van der Waals surface area contributed by atoms with E-state index in [1.165, 1.54) is 19.3 Å². The zero-order valence-corrected chi connectivity index (χ0v) is 9.21. The highest BCUT2D eigenvalue weighted by Crippen LogP contribution is 2.28. The summed E-state index contributed by atoms with van der Waals surface area (Å²) >= 11 is 0. The number of hydrogen-bond acceptors (Lipinski definition) is 2. The first-order chi connectivity index (χ1) is 6.79. The molecule has 2 nitrogen and oxygen atoms in total. The maximum absolute atomic E-state index is 5.76. The average Bonchev–Trinajstić information content (AvgIpc) is 2.65. The van der Waals surface area contributed by atoms with Gasteiger partial charge in [-0.1, -0.05) is 6.42 Å². The van der Waals surface area contributed by atoms with Gasteiger partial charge in [-0.25, -0.2) is 0 Å². The summed E-state index contributed by atoms with van der Waals surface area (Å²) in [6, 6.07) is 0.706. The molecule has 1 aliphatic rings. The lowest BCUT2D eigenvalue weighted by molar-refractivity contribution is 0.199. The van der Waals surface area contributed by atoms with E-state index in [1.54, 1.807) is 0 Å². The molecule has 2 N–H and O–H groups in total. The molecule has 0 heterocycles. The molecule has 0 spiro atoms. The van der Waals surface area contributed by atoms with E-state index >= 15 is 0 Å². The van der Waals surface area contributed by atoms with Crippen LogP contribution in [-0.4, -0.2) is 31.1 Å². The first-order valence-corrected chi connectivity index (χ1v) is 5.63. The first kappa shape index (κ1) is 11.6. The molecule has 0 radical (unpaired) electrons. The number of rotatable bonds is 5. The molecule has 1 saturated carbocycles. The second-order valence-corrected chi connectivity index (χ2v) is 4.28. The minimum absolute atomic E-state index is 0.706. The van der Waals surface area contributed by atoms with Gasteiger partial charge in [0, 0.05) is 12.5 Å². The van der Waals surface area contributed by atoms with Crippen molar-refractivity contribution in [3.8, 4) is 12.3 Å². The van der Waals surface area contributed by atoms with Crippen LogP contribution < -0.4 is 5.73 Å². The predicted molar refractivity (Wildman–Crippen MR) is 60.9 cm³/mol. The lowest BCUT2D eigenvalue weighted by Crippen LogP contribution is -2.38. The van der Waals surface area contributed by atoms with Crippen molar-refractivity contribution in [3.63, 3.8) is 0 Å². The van der Waals surface area contributed by atoms with Gasteiger partial charge < -0.3 is 10.6 Å². The molecular formula is C12H22N2. The van der Waals surface area contributed by atoms with E-state index in [0.717, 1.165) is 25.9 Å². The van der Waals surface area contributed by atoms with Crippen LogP contribution in [-0.2, 0) is 0 Å². The second-order valence-electron chi connectivity index (χ2n) is 4.28. The van der Waals surface area contributed by atoms with Crippen molar-refractivity contribution in [1.82, 2.24) is 4.90 Å². The summed E-state index contributed by atoms with van der Waals surface area (Å²) in [5.74, 6) is 3.40. The van der Waals surface area contributed by atoms with E-state index in [1.807, 2.05) is 0 Å². The SMILES string of the molecule is C#CCCCN(C)C1CCCC1CN. The molecule has 80 valence electrons. The van der Waals surface area contributed by atoms with Crippen molar-refractivity contribution >= 4 is 0 Å². The van der Waals surface area contributed by atoms with Gasteiger partial charge in [-0.3, -0.25) is 0 Å². The van der Waals surface area contributed by atoms with Crippen molar-refractivity contribution < 1.29 is 0 Å². The molecule has 1 aliphatic carbocycles. The Morgan fingerprint density at radius 3 is 2.93 bits per heavy atom. The third-order valence-electron chi connectivity index (χ3n) is 3.32. The number of nitrogens with two attached hydrogens (primary N) is 1. The molecule has 0 aromatic rings. The van der Waals surface area contributed by atoms with Crippen LogP contribution >= 0.6 is 0 Å². The summed E-state index contributed by atoms with van der Waals surface area (Å²) in [7, 11) is 2.20. The van der Waals surface area contributed by atoms with E-state index in [-0.39, 0.29) is 0 Å². The smallest absolute Gasteiger partial charge is 0.0132 e. The van der Waals surface area contributed by atoms with Gasteiger partial charge in [-0.2, -0.15) is 0 Å². The molecule has 0 aromatic heterocycles. The third kappa shape index (κ3) is 3.01. The number of hydrogen-bond donors (Lipinski definition) is 1. The van der Waals surface area contributed by atoms with Crippen LogP contribution in [0.4, 0.5) is 0 Å². The Labute approximate surface area is 87.8 Å². The van der Waals surface area contributed by atoms with Crippen molar-refractivity contribution in [2.45, 2.75) is 38.1 Å². The molecule has 0 amide bonds. The fourth-order valence-electron chi connectivity index (χ4n) is 2.47. The molecule has 2 heteroatoms. The highest BCUT2D eigenvalue weighted by atomic mass is 15.1. The Morgan fingerprint density at radius 1 is 1.50 bits per heavy atom. The largest absolute Gasteiger partial charge is 0.330 e. The van der Waals surface area contributed by atoms with Gasteiger partial charge in [-0.05, 0) is 45.3 Å². The molecule has 0 aromatic carbocycles. The molecular weight excluding hydrogens is 172 g/mol. The van der Waals surface area contributed by atoms with E-state index in [0.29, 0.717) is 12.0 Å². The maximum atomic E-state index is 5.76. The van der Waals surface area contributed by atoms with Crippen molar-refractivity contribution in [2.24, 2.45) is 11.7 Å². The molecule has 0 aliphatic heterocycles. The van der Waals surface area contributed by atoms with E-state index in [9.17, 15) is 0 Å². The van der Waals surface area contributed by atoms with Crippen molar-refractivity contribution in [2.75, 3.05) is 20.1 Å². The highest BCUT2D eigenvalue weighted by molar-refractivity contribution is 4.86. The highest BCUT2D eigenvalue weighted by Gasteiger charge is 2.28. The lowest BCUT2D eigenvalue weighted by Gasteiger charge is -2.28. The summed E-state index contributed by atoms with van der Waals surface area (Å²) in [6.07, 6.45) is 11.2. The minimum Gasteiger partial charge on any atom is -0.330 e. The number of terminal acetylenes is 1. The molecule has 1 rings (SSSR count). The Balaban J connectivity index is 2.28. The normalized spacial score (nSPS) is 26.7. The summed E-state index contributed by atoms with van der Waals surface area (Å²) in [6.45, 7) is 1.95. The van der Waals surface area contributed by atoms with Crippen LogP contribution in [0.25, 0.3) is 0 Å². The average molecular weight is 194 g/mol. The van der Waals surface area contributed by atoms with Gasteiger partial charge in [-0.15, -0.1) is 12.3 Å². The first-order valence-electron chi connectivity index (χ1n) is 5.63. The topological polar surface area (TPSA) is 29.3 Å². The predicted octanol–water partition coefficient (Wildman–Crippen LogP) is 1.46. The van der Waals surface area contributed by atoms with Gasteiger partial charge in [0.05, 0.1) is 0 Å². The fourth-order valence-corrected chi connectivity index (χ4v) is 2.47. The molecule has 0 bridgehead atoms. The Kier molecular flexibility index (Phi) is 5.00. The van der Waals surface area contributed by atoms with E-state index < -0.39 is 0 Å². The fraction of sp³-hybridized carbons (Fsp3) is 0.833. The standard InChI is InChI=1S/C12H22N2/c1-3-4-5-9-14(2)12-8-6-7-11(12)10-13/h1,11-12H,4-10,13H2,2H3. The zero-order chi connectivity index (χ0) is 10.4. The van der Waals surface area contributed by atoms with Gasteiger partial charge in [0.25, 0.3) is 0 Å². The molecule has 1 fully saturated rings. The van der Waals surface area contributed by atoms with Crippen LogP contribution in [0.3, 0.4) is 0 Å². The zero-order valence-electron chi connectivity index (χ0n) is 9.21. The van der Waals surface area contributed by atoms with Crippen LogP contribution in [0, 0.1) is 18.3 Å². The van der Waals surface area contributed by atoms with Gasteiger partial charge >= 0.3 is 0 Å². The van der Waals surface area contributed by atoms with Gasteiger partial charge in [0.2, 0.25) is 0 Å². The number of nitrogens with zero attached hydrogens (tertiary/aromatic N) is 1. The monoisotopic (exact) mass is 194 g/mol. The quantitative estimate of drug-likeness (QED) is 0.530. The minimum atomic E-state index is 0.706. The summed E-state index contributed by atoms with van der Waals surface area (Å²) in [5.41, 5.74) is 5.76. The van der Waals surface area contributed by atoms with E-state index in [4.69, 9.17) is 12.2 Å². The summed E-state index contributed by atoms with van der Waals surface area (Å²) in [4.78, 5) is 2.45. The maximum Gasteiger partial charge on any atom is 0.0132 e. The summed E-state index contributed by atoms with van der Waals surface area (Å²) < 4.78 is 0. The number of unbranched alkanes of at least 4 members (excludes halogenated alkanes) is 1. The Hall–Kier alpha value is -0.520. The van der Waals surface area contributed by atoms with Crippen molar-refractivity contribution in [3.05, 3.63) is 0 Å². The van der Waals surface area contributed by atoms with Gasteiger partial charge in [0.15, 0.2) is 0 Å². The summed E-state index contributed by atoms with van der Waals surface area (Å²) in [5, 5.41) is 0. The Morgan fingerprint density at radius 2 is 2.29 bits per heavy atom. The second kappa shape index (κ2) is 6.06. The lowest BCUT2D eigenvalue weighted by atomic mass is 10.0. The van der Waals surface area contributed by atoms with Crippen LogP contribution in [0.5, 0.6) is 0 Å². The van der Waals surface area contributed by atoms with Gasteiger partial charge in [0.1, 0.15) is 0 Å². The van der Waals surface area contributed by atoms with Crippen LogP contribution in [0.1, 0.15) is 32.1 Å². The van der Waals surface area contributed by atoms with Crippen LogP contribution in [0.2, 0.25) is 0 Å². The molecule has 2 atom stereocenters. The van der Waals surface area contributed by atoms with E-state index in [2.05, 4.69) is 17.9 Å².